The Morgan fingerprint density at radius 1 is 1.00 bits per heavy atom. The van der Waals surface area contributed by atoms with Crippen molar-refractivity contribution in [3.05, 3.63) is 23.7 Å². The van der Waals surface area contributed by atoms with Crippen LogP contribution in [0.3, 0.4) is 0 Å². The van der Waals surface area contributed by atoms with E-state index < -0.39 is 12.2 Å². The van der Waals surface area contributed by atoms with Crippen LogP contribution in [0.1, 0.15) is 25.4 Å². The van der Waals surface area contributed by atoms with Crippen LogP contribution in [0.25, 0.3) is 0 Å². The molecule has 2 N–H and O–H groups in total. The fraction of sp³-hybridized carbons (Fsp3) is 0.667. The first-order valence-corrected chi connectivity index (χ1v) is 5.67. The van der Waals surface area contributed by atoms with Gasteiger partial charge in [-0.05, 0) is 26.0 Å². The van der Waals surface area contributed by atoms with Crippen molar-refractivity contribution < 1.29 is 24.1 Å². The predicted molar refractivity (Wildman–Crippen MR) is 61.4 cm³/mol. The highest BCUT2D eigenvalue weighted by molar-refractivity contribution is 5.05. The molecule has 5 heteroatoms. The summed E-state index contributed by atoms with van der Waals surface area (Å²) in [5.41, 5.74) is 0. The topological polar surface area (TPSA) is 72.1 Å². The quantitative estimate of drug-likeness (QED) is 0.715. The van der Waals surface area contributed by atoms with Crippen molar-refractivity contribution in [2.75, 3.05) is 13.2 Å². The molecule has 0 spiro atoms. The van der Waals surface area contributed by atoms with Crippen LogP contribution in [-0.2, 0) is 22.7 Å². The molecular formula is C12H20O5. The lowest BCUT2D eigenvalue weighted by Gasteiger charge is -2.05. The molecule has 2 unspecified atom stereocenters. The van der Waals surface area contributed by atoms with Crippen molar-refractivity contribution in [1.82, 2.24) is 0 Å². The van der Waals surface area contributed by atoms with Crippen molar-refractivity contribution in [3.63, 3.8) is 0 Å². The molecule has 17 heavy (non-hydrogen) atoms. The van der Waals surface area contributed by atoms with Crippen LogP contribution in [0.5, 0.6) is 0 Å². The highest BCUT2D eigenvalue weighted by atomic mass is 16.5. The van der Waals surface area contributed by atoms with Gasteiger partial charge in [-0.25, -0.2) is 0 Å². The van der Waals surface area contributed by atoms with E-state index >= 15 is 0 Å². The van der Waals surface area contributed by atoms with Crippen LogP contribution < -0.4 is 0 Å². The second-order valence-corrected chi connectivity index (χ2v) is 4.10. The van der Waals surface area contributed by atoms with E-state index in [0.29, 0.717) is 24.7 Å². The van der Waals surface area contributed by atoms with Crippen LogP contribution in [-0.4, -0.2) is 35.6 Å². The van der Waals surface area contributed by atoms with Gasteiger partial charge in [0, 0.05) is 0 Å². The van der Waals surface area contributed by atoms with Gasteiger partial charge in [-0.1, -0.05) is 0 Å². The minimum Gasteiger partial charge on any atom is -0.461 e. The maximum atomic E-state index is 9.00. The molecule has 1 aromatic heterocycles. The molecular weight excluding hydrogens is 224 g/mol. The number of furan rings is 1. The van der Waals surface area contributed by atoms with Gasteiger partial charge in [0.25, 0.3) is 0 Å². The number of aliphatic hydroxyl groups is 2. The second kappa shape index (κ2) is 7.45. The van der Waals surface area contributed by atoms with Gasteiger partial charge >= 0.3 is 0 Å². The number of aliphatic hydroxyl groups excluding tert-OH is 2. The minimum atomic E-state index is -0.473. The fourth-order valence-corrected chi connectivity index (χ4v) is 1.24. The maximum Gasteiger partial charge on any atom is 0.129 e. The lowest BCUT2D eigenvalue weighted by Crippen LogP contribution is -2.10. The first kappa shape index (κ1) is 14.2. The van der Waals surface area contributed by atoms with Crippen LogP contribution in [0, 0.1) is 0 Å². The third kappa shape index (κ3) is 6.43. The Bertz CT molecular complexity index is 277. The molecule has 1 heterocycles. The highest BCUT2D eigenvalue weighted by Gasteiger charge is 2.04. The van der Waals surface area contributed by atoms with Gasteiger partial charge in [-0.3, -0.25) is 0 Å². The molecule has 2 atom stereocenters. The molecule has 0 saturated carbocycles. The van der Waals surface area contributed by atoms with Crippen molar-refractivity contribution in [2.45, 2.75) is 39.3 Å². The normalized spacial score (nSPS) is 14.8. The first-order chi connectivity index (χ1) is 8.08. The summed E-state index contributed by atoms with van der Waals surface area (Å²) in [6, 6.07) is 3.62. The fourth-order valence-electron chi connectivity index (χ4n) is 1.24. The van der Waals surface area contributed by atoms with E-state index in [4.69, 9.17) is 24.1 Å². The van der Waals surface area contributed by atoms with E-state index in [9.17, 15) is 0 Å². The summed E-state index contributed by atoms with van der Waals surface area (Å²) in [5.74, 6) is 1.39. The molecule has 0 saturated heterocycles. The Labute approximate surface area is 101 Å². The molecule has 0 aliphatic carbocycles. The summed E-state index contributed by atoms with van der Waals surface area (Å²) in [7, 11) is 0. The Kier molecular flexibility index (Phi) is 6.21. The third-order valence-corrected chi connectivity index (χ3v) is 1.92. The molecule has 1 rings (SSSR count). The molecule has 0 bridgehead atoms. The summed E-state index contributed by atoms with van der Waals surface area (Å²) < 4.78 is 15.9. The van der Waals surface area contributed by atoms with Gasteiger partial charge in [0.15, 0.2) is 0 Å². The summed E-state index contributed by atoms with van der Waals surface area (Å²) in [6.45, 7) is 4.57. The molecule has 0 amide bonds. The van der Waals surface area contributed by atoms with Crippen molar-refractivity contribution in [3.8, 4) is 0 Å². The molecule has 98 valence electrons. The van der Waals surface area contributed by atoms with Crippen molar-refractivity contribution in [1.29, 1.82) is 0 Å². The summed E-state index contributed by atoms with van der Waals surface area (Å²) in [4.78, 5) is 0. The van der Waals surface area contributed by atoms with Crippen LogP contribution in [0.4, 0.5) is 0 Å². The summed E-state index contributed by atoms with van der Waals surface area (Å²) in [6.07, 6.45) is -0.947. The van der Waals surface area contributed by atoms with E-state index in [1.807, 2.05) is 12.1 Å². The number of hydrogen-bond acceptors (Lipinski definition) is 5. The molecule has 0 fully saturated rings. The second-order valence-electron chi connectivity index (χ2n) is 4.10. The largest absolute Gasteiger partial charge is 0.461 e. The predicted octanol–water partition coefficient (Wildman–Crippen LogP) is 1.07. The minimum absolute atomic E-state index is 0.286. The Hall–Kier alpha value is -0.880. The Balaban J connectivity index is 2.23. The van der Waals surface area contributed by atoms with Crippen molar-refractivity contribution in [2.24, 2.45) is 0 Å². The van der Waals surface area contributed by atoms with Gasteiger partial charge in [0.05, 0.1) is 25.4 Å². The van der Waals surface area contributed by atoms with Gasteiger partial charge in [0.1, 0.15) is 24.7 Å². The Morgan fingerprint density at radius 2 is 1.41 bits per heavy atom. The maximum absolute atomic E-state index is 9.00. The molecule has 0 aromatic carbocycles. The number of ether oxygens (including phenoxy) is 2. The first-order valence-electron chi connectivity index (χ1n) is 5.67. The van der Waals surface area contributed by atoms with E-state index in [1.165, 1.54) is 0 Å². The lowest BCUT2D eigenvalue weighted by atomic mass is 10.4. The zero-order valence-electron chi connectivity index (χ0n) is 10.3. The van der Waals surface area contributed by atoms with E-state index in [0.717, 1.165) is 0 Å². The van der Waals surface area contributed by atoms with Gasteiger partial charge in [-0.2, -0.15) is 0 Å². The lowest BCUT2D eigenvalue weighted by molar-refractivity contribution is 0.0223. The average molecular weight is 244 g/mol. The van der Waals surface area contributed by atoms with Gasteiger partial charge in [-0.15, -0.1) is 0 Å². The molecule has 1 aromatic rings. The van der Waals surface area contributed by atoms with Crippen LogP contribution >= 0.6 is 0 Å². The molecule has 0 aliphatic heterocycles. The Morgan fingerprint density at radius 3 is 1.76 bits per heavy atom. The molecule has 0 aliphatic rings. The van der Waals surface area contributed by atoms with Crippen molar-refractivity contribution >= 4 is 0 Å². The SMILES string of the molecule is CC(O)COCc1ccc(COCC(C)O)o1. The third-order valence-electron chi connectivity index (χ3n) is 1.92. The van der Waals surface area contributed by atoms with E-state index in [-0.39, 0.29) is 13.2 Å². The van der Waals surface area contributed by atoms with Gasteiger partial charge < -0.3 is 24.1 Å². The van der Waals surface area contributed by atoms with Crippen LogP contribution in [0.2, 0.25) is 0 Å². The standard InChI is InChI=1S/C12H20O5/c1-9(13)5-15-7-11-3-4-12(17-11)8-16-6-10(2)14/h3-4,9-10,13-14H,5-8H2,1-2H3. The number of hydrogen-bond donors (Lipinski definition) is 2. The zero-order valence-corrected chi connectivity index (χ0v) is 10.3. The molecule has 5 nitrogen and oxygen atoms in total. The summed E-state index contributed by atoms with van der Waals surface area (Å²) in [5, 5.41) is 18.0. The smallest absolute Gasteiger partial charge is 0.129 e. The molecule has 0 radical (unpaired) electrons. The van der Waals surface area contributed by atoms with E-state index in [1.54, 1.807) is 13.8 Å². The summed E-state index contributed by atoms with van der Waals surface area (Å²) >= 11 is 0. The highest BCUT2D eigenvalue weighted by Crippen LogP contribution is 2.10. The monoisotopic (exact) mass is 244 g/mol. The zero-order chi connectivity index (χ0) is 12.7. The van der Waals surface area contributed by atoms with Gasteiger partial charge in [0.2, 0.25) is 0 Å². The average Bonchev–Trinajstić information content (AvgIpc) is 2.65. The van der Waals surface area contributed by atoms with Crippen LogP contribution in [0.15, 0.2) is 16.5 Å². The van der Waals surface area contributed by atoms with E-state index in [2.05, 4.69) is 0 Å². The number of rotatable bonds is 8.